The highest BCUT2D eigenvalue weighted by Gasteiger charge is 1.94. The summed E-state index contributed by atoms with van der Waals surface area (Å²) in [5, 5.41) is 0.815. The van der Waals surface area contributed by atoms with Crippen LogP contribution < -0.4 is 4.74 Å². The zero-order valence-electron chi connectivity index (χ0n) is 5.13. The fourth-order valence-corrected chi connectivity index (χ4v) is 1.57. The molecule has 10 heavy (non-hydrogen) atoms. The van der Waals surface area contributed by atoms with Gasteiger partial charge in [0.1, 0.15) is 0 Å². The molecule has 2 heterocycles. The Morgan fingerprint density at radius 2 is 1.70 bits per heavy atom. The number of benzene rings is 1. The van der Waals surface area contributed by atoms with Gasteiger partial charge in [0.2, 0.25) is 4.74 Å². The molecule has 2 aromatic heterocycles. The van der Waals surface area contributed by atoms with Crippen molar-refractivity contribution >= 4 is 34.9 Å². The van der Waals surface area contributed by atoms with Gasteiger partial charge in [0.15, 0.2) is 0 Å². The maximum atomic E-state index is 10.9. The summed E-state index contributed by atoms with van der Waals surface area (Å²) < 4.78 is 1.23. The van der Waals surface area contributed by atoms with E-state index in [1.807, 2.05) is 24.3 Å². The molecule has 2 bridgehead atoms. The first kappa shape index (κ1) is 7.57. The fraction of sp³-hybridized carbons (Fsp3) is 0. The molecule has 0 N–H and O–H groups in total. The third kappa shape index (κ3) is 1.02. The molecule has 0 spiro atoms. The topological polar surface area (TPSA) is 17.1 Å². The Balaban J connectivity index is 0.000000500. The van der Waals surface area contributed by atoms with Crippen molar-refractivity contribution in [1.29, 1.82) is 0 Å². The average molecular weight is 170 g/mol. The summed E-state index contributed by atoms with van der Waals surface area (Å²) in [6, 6.07) is 7.63. The summed E-state index contributed by atoms with van der Waals surface area (Å²) in [6.07, 6.45) is 0. The van der Waals surface area contributed by atoms with Crippen molar-refractivity contribution in [3.8, 4) is 0 Å². The van der Waals surface area contributed by atoms with Crippen molar-refractivity contribution in [2.45, 2.75) is 0 Å². The monoisotopic (exact) mass is 170 g/mol. The van der Waals surface area contributed by atoms with Gasteiger partial charge in [-0.15, -0.1) is 0 Å². The molecule has 0 aliphatic heterocycles. The number of rotatable bonds is 0. The standard InChI is InChI=1S/C7H4OS.H2S/c8-7-5-1-3-6(9-7)4-2-5;/h1-4H;1H2. The highest BCUT2D eigenvalue weighted by atomic mass is 32.1. The highest BCUT2D eigenvalue weighted by Crippen LogP contribution is 2.10. The third-order valence-corrected chi connectivity index (χ3v) is 2.23. The largest absolute Gasteiger partial charge is 0.277 e. The van der Waals surface area contributed by atoms with E-state index in [0.717, 1.165) is 10.1 Å². The van der Waals surface area contributed by atoms with Crippen LogP contribution >= 0.6 is 24.8 Å². The van der Waals surface area contributed by atoms with Gasteiger partial charge in [0, 0.05) is 10.1 Å². The van der Waals surface area contributed by atoms with Gasteiger partial charge < -0.3 is 0 Å². The average Bonchev–Trinajstić information content (AvgIpc) is 1.90. The Morgan fingerprint density at radius 3 is 1.90 bits per heavy atom. The Hall–Kier alpha value is -0.540. The molecule has 3 heteroatoms. The molecule has 1 nitrogen and oxygen atoms in total. The molecular weight excluding hydrogens is 164 g/mol. The molecule has 0 radical (unpaired) electrons. The zero-order valence-corrected chi connectivity index (χ0v) is 6.94. The molecule has 0 fully saturated rings. The lowest BCUT2D eigenvalue weighted by molar-refractivity contribution is 1.81. The highest BCUT2D eigenvalue weighted by molar-refractivity contribution is 7.59. The fourth-order valence-electron chi connectivity index (χ4n) is 0.825. The first-order valence-electron chi connectivity index (χ1n) is 2.68. The smallest absolute Gasteiger partial charge is 0.240 e. The van der Waals surface area contributed by atoms with Crippen LogP contribution in [0.1, 0.15) is 0 Å². The van der Waals surface area contributed by atoms with E-state index < -0.39 is 0 Å². The molecular formula is C7H6OS2. The molecule has 0 atom stereocenters. The van der Waals surface area contributed by atoms with Crippen molar-refractivity contribution in [1.82, 2.24) is 0 Å². The summed E-state index contributed by atoms with van der Waals surface area (Å²) in [4.78, 5) is 10.9. The summed E-state index contributed by atoms with van der Waals surface area (Å²) in [5.41, 5.74) is 0. The van der Waals surface area contributed by atoms with Gasteiger partial charge >= 0.3 is 0 Å². The second-order valence-corrected chi connectivity index (χ2v) is 2.96. The van der Waals surface area contributed by atoms with E-state index in [9.17, 15) is 4.79 Å². The SMILES string of the molecule is O=c1sc2ccc1cc2.S. The molecule has 0 saturated carbocycles. The van der Waals surface area contributed by atoms with Gasteiger partial charge in [-0.2, -0.15) is 13.5 Å². The van der Waals surface area contributed by atoms with Gasteiger partial charge in [-0.25, -0.2) is 0 Å². The van der Waals surface area contributed by atoms with Crippen molar-refractivity contribution in [2.75, 3.05) is 0 Å². The van der Waals surface area contributed by atoms with Crippen LogP contribution in [0.15, 0.2) is 29.1 Å². The number of hydrogen-bond donors (Lipinski definition) is 0. The van der Waals surface area contributed by atoms with Gasteiger partial charge in [0.25, 0.3) is 0 Å². The van der Waals surface area contributed by atoms with Crippen molar-refractivity contribution in [2.24, 2.45) is 0 Å². The molecule has 3 aromatic rings. The molecule has 1 aromatic carbocycles. The molecule has 0 aliphatic carbocycles. The second-order valence-electron chi connectivity index (χ2n) is 1.91. The summed E-state index contributed by atoms with van der Waals surface area (Å²) >= 11 is 1.30. The van der Waals surface area contributed by atoms with Gasteiger partial charge in [-0.1, -0.05) is 11.3 Å². The summed E-state index contributed by atoms with van der Waals surface area (Å²) in [7, 11) is 0. The van der Waals surface area contributed by atoms with E-state index in [0.29, 0.717) is 0 Å². The normalized spacial score (nSPS) is 9.60. The van der Waals surface area contributed by atoms with E-state index in [1.54, 1.807) is 0 Å². The molecule has 0 amide bonds. The Morgan fingerprint density at radius 1 is 1.10 bits per heavy atom. The minimum absolute atomic E-state index is 0. The van der Waals surface area contributed by atoms with Crippen LogP contribution in [0, 0.1) is 0 Å². The zero-order chi connectivity index (χ0) is 6.27. The third-order valence-electron chi connectivity index (χ3n) is 1.30. The molecule has 52 valence electrons. The van der Waals surface area contributed by atoms with Crippen LogP contribution in [-0.4, -0.2) is 0 Å². The van der Waals surface area contributed by atoms with Crippen LogP contribution in [0.3, 0.4) is 0 Å². The van der Waals surface area contributed by atoms with Crippen molar-refractivity contribution in [3.63, 3.8) is 0 Å². The summed E-state index contributed by atoms with van der Waals surface area (Å²) in [6.45, 7) is 0. The maximum absolute atomic E-state index is 10.9. The summed E-state index contributed by atoms with van der Waals surface area (Å²) in [5.74, 6) is 0. The predicted octanol–water partition coefficient (Wildman–Crippen LogP) is 1.81. The van der Waals surface area contributed by atoms with Gasteiger partial charge in [0.05, 0.1) is 0 Å². The van der Waals surface area contributed by atoms with Gasteiger partial charge in [-0.05, 0) is 24.3 Å². The van der Waals surface area contributed by atoms with Crippen LogP contribution in [0.2, 0.25) is 0 Å². The van der Waals surface area contributed by atoms with E-state index in [4.69, 9.17) is 0 Å². The van der Waals surface area contributed by atoms with E-state index >= 15 is 0 Å². The van der Waals surface area contributed by atoms with Gasteiger partial charge in [-0.3, -0.25) is 4.79 Å². The van der Waals surface area contributed by atoms with Crippen molar-refractivity contribution < 1.29 is 0 Å². The number of hydrogen-bond acceptors (Lipinski definition) is 2. The van der Waals surface area contributed by atoms with E-state index in [1.165, 1.54) is 11.3 Å². The predicted molar refractivity (Wildman–Crippen MR) is 49.7 cm³/mol. The van der Waals surface area contributed by atoms with Crippen LogP contribution in [0.5, 0.6) is 0 Å². The second kappa shape index (κ2) is 2.60. The first-order chi connectivity index (χ1) is 4.36. The lowest BCUT2D eigenvalue weighted by Gasteiger charge is -1.91. The Labute approximate surface area is 69.1 Å². The molecule has 0 saturated heterocycles. The molecule has 0 aliphatic rings. The Bertz CT molecular complexity index is 345. The minimum Gasteiger partial charge on any atom is -0.277 e. The minimum atomic E-state index is 0. The molecule has 3 rings (SSSR count). The lowest BCUT2D eigenvalue weighted by Crippen LogP contribution is -1.93. The molecule has 0 unspecified atom stereocenters. The van der Waals surface area contributed by atoms with Crippen LogP contribution in [-0.2, 0) is 0 Å². The van der Waals surface area contributed by atoms with Crippen molar-refractivity contribution in [3.05, 3.63) is 33.8 Å². The van der Waals surface area contributed by atoms with E-state index in [2.05, 4.69) is 0 Å². The Kier molecular flexibility index (Phi) is 1.97. The quantitative estimate of drug-likeness (QED) is 0.589. The maximum Gasteiger partial charge on any atom is 0.240 e. The lowest BCUT2D eigenvalue weighted by atomic mass is 10.3. The number of fused-ring (bicyclic) bond motifs is 3. The first-order valence-corrected chi connectivity index (χ1v) is 3.50. The van der Waals surface area contributed by atoms with Crippen LogP contribution in [0.4, 0.5) is 0 Å². The van der Waals surface area contributed by atoms with Crippen LogP contribution in [0.25, 0.3) is 10.1 Å². The van der Waals surface area contributed by atoms with E-state index in [-0.39, 0.29) is 18.2 Å².